The van der Waals surface area contributed by atoms with Gasteiger partial charge in [0.1, 0.15) is 5.66 Å². The quantitative estimate of drug-likeness (QED) is 0.349. The van der Waals surface area contributed by atoms with E-state index in [4.69, 9.17) is 5.11 Å². The maximum Gasteiger partial charge on any atom is 0.274 e. The lowest BCUT2D eigenvalue weighted by Gasteiger charge is -2.22. The van der Waals surface area contributed by atoms with E-state index in [-0.39, 0.29) is 11.1 Å². The van der Waals surface area contributed by atoms with Crippen LogP contribution in [0.2, 0.25) is 0 Å². The summed E-state index contributed by atoms with van der Waals surface area (Å²) in [7, 11) is 4.32. The van der Waals surface area contributed by atoms with Crippen LogP contribution >= 0.6 is 7.77 Å². The van der Waals surface area contributed by atoms with E-state index in [1.165, 1.54) is 12.8 Å². The van der Waals surface area contributed by atoms with Gasteiger partial charge in [0, 0.05) is 6.61 Å². The first-order valence-electron chi connectivity index (χ1n) is 7.70. The summed E-state index contributed by atoms with van der Waals surface area (Å²) < 4.78 is 0.602. The first-order chi connectivity index (χ1) is 9.28. The van der Waals surface area contributed by atoms with E-state index in [1.807, 2.05) is 28.1 Å². The highest BCUT2D eigenvalue weighted by atomic mass is 31.1. The van der Waals surface area contributed by atoms with Crippen LogP contribution in [0.5, 0.6) is 0 Å². The van der Waals surface area contributed by atoms with Crippen LogP contribution in [0.15, 0.2) is 0 Å². The Balaban J connectivity index is 3.90. The highest BCUT2D eigenvalue weighted by Crippen LogP contribution is 2.26. The average Bonchev–Trinajstić information content (AvgIpc) is 2.34. The number of quaternary nitrogens is 1. The van der Waals surface area contributed by atoms with E-state index in [1.54, 1.807) is 0 Å². The molecule has 0 saturated heterocycles. The molecular weight excluding hydrogens is 273 g/mol. The Kier molecular flexibility index (Phi) is 10.7. The van der Waals surface area contributed by atoms with Crippen LogP contribution in [0.1, 0.15) is 51.9 Å². The number of likely N-dealkylation sites (N-methyl/N-ethyl adjacent to an activating group) is 1. The summed E-state index contributed by atoms with van der Waals surface area (Å²) in [5, 5.41) is 18.6. The topological polar surface area (TPSA) is 63.5 Å². The number of aliphatic hydroxyl groups excluding tert-OH is 2. The number of unbranched alkanes of at least 4 members (excludes halogenated alkanes) is 5. The maximum absolute atomic E-state index is 12.1. The van der Waals surface area contributed by atoms with Gasteiger partial charge in [-0.05, 0) is 26.2 Å². The van der Waals surface area contributed by atoms with Crippen molar-refractivity contribution in [2.45, 2.75) is 57.5 Å². The molecule has 0 fully saturated rings. The van der Waals surface area contributed by atoms with E-state index < -0.39 is 7.77 Å². The molecule has 2 unspecified atom stereocenters. The first kappa shape index (κ1) is 20.0. The van der Waals surface area contributed by atoms with Gasteiger partial charge in [0.25, 0.3) is 5.48 Å². The molecule has 0 aromatic rings. The number of rotatable bonds is 11. The molecule has 0 aromatic carbocycles. The minimum atomic E-state index is -1.62. The molecule has 4 nitrogen and oxygen atoms in total. The zero-order chi connectivity index (χ0) is 15.6. The van der Waals surface area contributed by atoms with Gasteiger partial charge < -0.3 is 19.6 Å². The first-order valence-corrected chi connectivity index (χ1v) is 9.03. The van der Waals surface area contributed by atoms with Crippen molar-refractivity contribution >= 4 is 13.3 Å². The molecule has 0 spiro atoms. The summed E-state index contributed by atoms with van der Waals surface area (Å²) in [6.45, 7) is 2.72. The number of hydrogen-bond donors (Lipinski definition) is 2. The summed E-state index contributed by atoms with van der Waals surface area (Å²) in [5.41, 5.74) is 0.219. The van der Waals surface area contributed by atoms with Crippen LogP contribution < -0.4 is 4.89 Å². The van der Waals surface area contributed by atoms with Crippen LogP contribution in [-0.4, -0.2) is 60.1 Å². The fourth-order valence-electron chi connectivity index (χ4n) is 2.12. The Bertz CT molecular complexity index is 287. The second-order valence-electron chi connectivity index (χ2n) is 6.67. The molecule has 0 saturated carbocycles. The summed E-state index contributed by atoms with van der Waals surface area (Å²) >= 11 is 0. The van der Waals surface area contributed by atoms with Crippen molar-refractivity contribution in [3.05, 3.63) is 0 Å². The van der Waals surface area contributed by atoms with E-state index in [9.17, 15) is 10.00 Å². The molecule has 0 aromatic heterocycles. The van der Waals surface area contributed by atoms with Gasteiger partial charge >= 0.3 is 0 Å². The summed E-state index contributed by atoms with van der Waals surface area (Å²) in [5.74, 6) is 0. The van der Waals surface area contributed by atoms with Gasteiger partial charge in [0.05, 0.1) is 28.9 Å². The molecule has 0 heterocycles. The summed E-state index contributed by atoms with van der Waals surface area (Å²) in [6.07, 6.45) is 7.47. The van der Waals surface area contributed by atoms with Crippen molar-refractivity contribution in [3.8, 4) is 0 Å². The largest absolute Gasteiger partial charge is 0.628 e. The molecule has 0 aliphatic rings. The predicted octanol–water partition coefficient (Wildman–Crippen LogP) is 2.06. The van der Waals surface area contributed by atoms with Gasteiger partial charge in [0.2, 0.25) is 0 Å². The summed E-state index contributed by atoms with van der Waals surface area (Å²) in [6, 6.07) is 0. The van der Waals surface area contributed by atoms with Crippen LogP contribution in [0.25, 0.3) is 0 Å². The molecule has 120 valence electrons. The molecule has 0 bridgehead atoms. The molecular formula is C15H33NO3P+. The van der Waals surface area contributed by atoms with Crippen LogP contribution in [0.4, 0.5) is 0 Å². The van der Waals surface area contributed by atoms with E-state index in [2.05, 4.69) is 0 Å². The van der Waals surface area contributed by atoms with Crippen molar-refractivity contribution in [1.29, 1.82) is 0 Å². The lowest BCUT2D eigenvalue weighted by Crippen LogP contribution is -2.40. The normalized spacial score (nSPS) is 15.2. The zero-order valence-corrected chi connectivity index (χ0v) is 14.5. The maximum atomic E-state index is 12.1. The van der Waals surface area contributed by atoms with Crippen LogP contribution in [-0.2, 0) is 0 Å². The monoisotopic (exact) mass is 306 g/mol. The Hall–Kier alpha value is 0.0100. The van der Waals surface area contributed by atoms with Crippen LogP contribution in [0.3, 0.4) is 0 Å². The Labute approximate surface area is 125 Å². The Morgan fingerprint density at radius 2 is 1.55 bits per heavy atom. The Morgan fingerprint density at radius 3 is 2.05 bits per heavy atom. The molecule has 0 radical (unpaired) electrons. The molecule has 0 aliphatic carbocycles. The lowest BCUT2D eigenvalue weighted by molar-refractivity contribution is -0.861. The third-order valence-electron chi connectivity index (χ3n) is 3.30. The van der Waals surface area contributed by atoms with Gasteiger partial charge in [-0.25, -0.2) is 0 Å². The van der Waals surface area contributed by atoms with Crippen molar-refractivity contribution in [2.24, 2.45) is 0 Å². The van der Waals surface area contributed by atoms with Crippen molar-refractivity contribution < 1.29 is 19.6 Å². The van der Waals surface area contributed by atoms with Crippen molar-refractivity contribution in [1.82, 2.24) is 0 Å². The minimum Gasteiger partial charge on any atom is -0.628 e. The summed E-state index contributed by atoms with van der Waals surface area (Å²) in [4.78, 5) is 12.1. The van der Waals surface area contributed by atoms with Gasteiger partial charge in [-0.2, -0.15) is 0 Å². The second kappa shape index (κ2) is 10.7. The number of nitrogens with zero attached hydrogens (tertiary/aromatic N) is 1. The molecule has 20 heavy (non-hydrogen) atoms. The minimum absolute atomic E-state index is 0.0639. The lowest BCUT2D eigenvalue weighted by atomic mass is 10.1. The third kappa shape index (κ3) is 10.8. The number of hydrogen-bond acceptors (Lipinski definition) is 2. The van der Waals surface area contributed by atoms with Gasteiger partial charge in [-0.1, -0.05) is 25.7 Å². The SMILES string of the molecule is CC(CCCCCCCCO)/[P+]([O-])=C(\O)C[N+](C)(C)C. The standard InChI is InChI=1S/C15H32NO3P/c1-14(11-9-7-5-6-8-10-12-17)20(19)15(18)13-16(2,3)4/h14,17H,5-13H2,1-4H3/p+1. The molecule has 2 N–H and O–H groups in total. The smallest absolute Gasteiger partial charge is 0.274 e. The molecule has 0 rings (SSSR count). The highest BCUT2D eigenvalue weighted by molar-refractivity contribution is 7.52. The molecule has 0 amide bonds. The van der Waals surface area contributed by atoms with E-state index in [0.29, 0.717) is 17.6 Å². The van der Waals surface area contributed by atoms with Crippen molar-refractivity contribution in [2.75, 3.05) is 34.3 Å². The highest BCUT2D eigenvalue weighted by Gasteiger charge is 2.21. The molecule has 0 aliphatic heterocycles. The van der Waals surface area contributed by atoms with Crippen molar-refractivity contribution in [3.63, 3.8) is 0 Å². The van der Waals surface area contributed by atoms with Crippen LogP contribution in [0, 0.1) is 0 Å². The Morgan fingerprint density at radius 1 is 1.05 bits per heavy atom. The fraction of sp³-hybridized carbons (Fsp3) is 0.933. The van der Waals surface area contributed by atoms with E-state index >= 15 is 0 Å². The zero-order valence-electron chi connectivity index (χ0n) is 13.6. The molecule has 2 atom stereocenters. The fourth-order valence-corrected chi connectivity index (χ4v) is 3.61. The van der Waals surface area contributed by atoms with Gasteiger partial charge in [-0.3, -0.25) is 0 Å². The van der Waals surface area contributed by atoms with E-state index in [0.717, 1.165) is 32.1 Å². The average molecular weight is 306 g/mol. The van der Waals surface area contributed by atoms with Gasteiger partial charge in [-0.15, -0.1) is 0 Å². The third-order valence-corrected chi connectivity index (χ3v) is 5.01. The second-order valence-corrected chi connectivity index (χ2v) is 8.72. The predicted molar refractivity (Wildman–Crippen MR) is 85.6 cm³/mol. The number of aliphatic hydroxyl groups is 2. The molecule has 5 heteroatoms. The van der Waals surface area contributed by atoms with Gasteiger partial charge in [0.15, 0.2) is 6.54 Å².